The van der Waals surface area contributed by atoms with E-state index in [1.54, 1.807) is 11.8 Å². The fourth-order valence-electron chi connectivity index (χ4n) is 1.77. The van der Waals surface area contributed by atoms with Crippen LogP contribution in [0.2, 0.25) is 0 Å². The van der Waals surface area contributed by atoms with Crippen LogP contribution in [0.5, 0.6) is 0 Å². The van der Waals surface area contributed by atoms with Crippen LogP contribution in [0.4, 0.5) is 5.69 Å². The second-order valence-corrected chi connectivity index (χ2v) is 6.48. The lowest BCUT2D eigenvalue weighted by Crippen LogP contribution is -2.11. The molecule has 0 atom stereocenters. The van der Waals surface area contributed by atoms with Crippen LogP contribution in [-0.4, -0.2) is 11.1 Å². The van der Waals surface area contributed by atoms with Crippen molar-refractivity contribution in [2.75, 3.05) is 5.32 Å². The Kier molecular flexibility index (Phi) is 4.60. The van der Waals surface area contributed by atoms with Crippen molar-refractivity contribution in [3.05, 3.63) is 71.0 Å². The van der Waals surface area contributed by atoms with Gasteiger partial charge in [-0.15, -0.1) is 0 Å². The van der Waals surface area contributed by atoms with E-state index >= 15 is 0 Å². The number of benzene rings is 2. The molecule has 0 aliphatic heterocycles. The Morgan fingerprint density at radius 2 is 1.64 bits per heavy atom. The van der Waals surface area contributed by atoms with Crippen molar-refractivity contribution < 1.29 is 9.32 Å². The molecule has 0 spiro atoms. The Bertz CT molecular complexity index is 756. The predicted octanol–water partition coefficient (Wildman–Crippen LogP) is 4.84. The second kappa shape index (κ2) is 6.81. The van der Waals surface area contributed by atoms with Gasteiger partial charge in [0.2, 0.25) is 0 Å². The number of nitrogens with zero attached hydrogens (tertiary/aromatic N) is 1. The molecule has 22 heavy (non-hydrogen) atoms. The molecule has 3 aromatic rings. The number of hydrogen-bond donors (Lipinski definition) is 1. The molecule has 6 heteroatoms. The zero-order valence-electron chi connectivity index (χ0n) is 11.3. The maximum absolute atomic E-state index is 11.8. The number of aromatic nitrogens is 1. The second-order valence-electron chi connectivity index (χ2n) is 4.42. The molecule has 0 unspecified atom stereocenters. The van der Waals surface area contributed by atoms with Gasteiger partial charge in [0, 0.05) is 26.0 Å². The van der Waals surface area contributed by atoms with Crippen LogP contribution in [0, 0.1) is 0 Å². The normalized spacial score (nSPS) is 10.4. The summed E-state index contributed by atoms with van der Waals surface area (Å²) < 4.78 is 5.71. The Labute approximate surface area is 140 Å². The maximum atomic E-state index is 11.8. The molecule has 4 nitrogen and oxygen atoms in total. The third-order valence-electron chi connectivity index (χ3n) is 2.83. The average Bonchev–Trinajstić information content (AvgIpc) is 3.06. The first-order valence-corrected chi connectivity index (χ1v) is 8.07. The smallest absolute Gasteiger partial charge is 0.277 e. The molecule has 1 heterocycles. The lowest BCUT2D eigenvalue weighted by Gasteiger charge is -2.05. The van der Waals surface area contributed by atoms with E-state index in [1.165, 1.54) is 12.3 Å². The van der Waals surface area contributed by atoms with Crippen LogP contribution < -0.4 is 5.32 Å². The molecule has 1 N–H and O–H groups in total. The highest BCUT2D eigenvalue weighted by Crippen LogP contribution is 2.29. The van der Waals surface area contributed by atoms with Gasteiger partial charge < -0.3 is 9.84 Å². The maximum Gasteiger partial charge on any atom is 0.277 e. The molecule has 1 aromatic heterocycles. The first-order valence-electron chi connectivity index (χ1n) is 6.46. The minimum Gasteiger partial charge on any atom is -0.364 e. The van der Waals surface area contributed by atoms with E-state index in [4.69, 9.17) is 0 Å². The number of nitrogens with one attached hydrogen (secondary N) is 1. The van der Waals surface area contributed by atoms with Crippen molar-refractivity contribution in [1.82, 2.24) is 5.16 Å². The summed E-state index contributed by atoms with van der Waals surface area (Å²) in [7, 11) is 0. The van der Waals surface area contributed by atoms with Gasteiger partial charge in [-0.3, -0.25) is 4.79 Å². The lowest BCUT2D eigenvalue weighted by molar-refractivity contribution is 0.101. The van der Waals surface area contributed by atoms with E-state index in [-0.39, 0.29) is 11.6 Å². The third kappa shape index (κ3) is 3.78. The van der Waals surface area contributed by atoms with E-state index < -0.39 is 0 Å². The number of carbonyl (C=O) groups excluding carboxylic acids is 1. The first kappa shape index (κ1) is 14.9. The average molecular weight is 375 g/mol. The summed E-state index contributed by atoms with van der Waals surface area (Å²) in [5.74, 6) is -0.290. The highest BCUT2D eigenvalue weighted by atomic mass is 79.9. The fourth-order valence-corrected chi connectivity index (χ4v) is 2.85. The minimum absolute atomic E-state index is 0.258. The van der Waals surface area contributed by atoms with Gasteiger partial charge in [-0.2, -0.15) is 0 Å². The highest BCUT2D eigenvalue weighted by molar-refractivity contribution is 9.10. The molecule has 110 valence electrons. The largest absolute Gasteiger partial charge is 0.364 e. The molecule has 0 aliphatic carbocycles. The van der Waals surface area contributed by atoms with Crippen LogP contribution in [0.3, 0.4) is 0 Å². The topological polar surface area (TPSA) is 55.1 Å². The molecule has 0 saturated carbocycles. The number of halogens is 1. The summed E-state index contributed by atoms with van der Waals surface area (Å²) in [6.07, 6.45) is 1.37. The number of hydrogen-bond acceptors (Lipinski definition) is 4. The van der Waals surface area contributed by atoms with Crippen LogP contribution >= 0.6 is 27.7 Å². The summed E-state index contributed by atoms with van der Waals surface area (Å²) in [6, 6.07) is 17.3. The van der Waals surface area contributed by atoms with Crippen molar-refractivity contribution in [3.8, 4) is 0 Å². The summed E-state index contributed by atoms with van der Waals surface area (Å²) >= 11 is 5.08. The standard InChI is InChI=1S/C16H11BrN2O2S/c17-11-1-5-13(6-2-11)22-14-7-3-12(4-8-14)18-16(20)15-9-10-21-19-15/h1-10H,(H,18,20). The van der Waals surface area contributed by atoms with Gasteiger partial charge in [0.05, 0.1) is 0 Å². The summed E-state index contributed by atoms with van der Waals surface area (Å²) in [5, 5.41) is 6.36. The Morgan fingerprint density at radius 1 is 1.00 bits per heavy atom. The zero-order valence-corrected chi connectivity index (χ0v) is 13.7. The SMILES string of the molecule is O=C(Nc1ccc(Sc2ccc(Br)cc2)cc1)c1ccon1. The Hall–Kier alpha value is -2.05. The van der Waals surface area contributed by atoms with Crippen molar-refractivity contribution in [1.29, 1.82) is 0 Å². The van der Waals surface area contributed by atoms with Crippen molar-refractivity contribution in [3.63, 3.8) is 0 Å². The van der Waals surface area contributed by atoms with E-state index in [9.17, 15) is 4.79 Å². The Balaban J connectivity index is 1.65. The van der Waals surface area contributed by atoms with Crippen molar-refractivity contribution in [2.24, 2.45) is 0 Å². The van der Waals surface area contributed by atoms with Crippen molar-refractivity contribution in [2.45, 2.75) is 9.79 Å². The first-order chi connectivity index (χ1) is 10.7. The van der Waals surface area contributed by atoms with Crippen molar-refractivity contribution >= 4 is 39.3 Å². The number of anilines is 1. The molecular formula is C16H11BrN2O2S. The molecule has 0 fully saturated rings. The molecule has 0 radical (unpaired) electrons. The predicted molar refractivity (Wildman–Crippen MR) is 89.2 cm³/mol. The van der Waals surface area contributed by atoms with E-state index in [0.717, 1.165) is 14.3 Å². The van der Waals surface area contributed by atoms with Gasteiger partial charge in [-0.05, 0) is 48.5 Å². The quantitative estimate of drug-likeness (QED) is 0.709. The lowest BCUT2D eigenvalue weighted by atomic mass is 10.3. The molecule has 2 aromatic carbocycles. The van der Waals surface area contributed by atoms with Crippen LogP contribution in [0.15, 0.2) is 79.6 Å². The van der Waals surface area contributed by atoms with E-state index in [1.807, 2.05) is 36.4 Å². The number of amides is 1. The summed E-state index contributed by atoms with van der Waals surface area (Å²) in [6.45, 7) is 0. The van der Waals surface area contributed by atoms with Gasteiger partial charge in [-0.1, -0.05) is 32.8 Å². The van der Waals surface area contributed by atoms with Crippen LogP contribution in [0.25, 0.3) is 0 Å². The van der Waals surface area contributed by atoms with E-state index in [0.29, 0.717) is 5.69 Å². The monoisotopic (exact) mass is 374 g/mol. The third-order valence-corrected chi connectivity index (χ3v) is 4.38. The summed E-state index contributed by atoms with van der Waals surface area (Å²) in [4.78, 5) is 14.1. The zero-order chi connectivity index (χ0) is 15.4. The van der Waals surface area contributed by atoms with Gasteiger partial charge >= 0.3 is 0 Å². The van der Waals surface area contributed by atoms with Gasteiger partial charge in [0.25, 0.3) is 5.91 Å². The van der Waals surface area contributed by atoms with Gasteiger partial charge in [0.15, 0.2) is 5.69 Å². The molecular weight excluding hydrogens is 364 g/mol. The molecule has 1 amide bonds. The van der Waals surface area contributed by atoms with Crippen LogP contribution in [-0.2, 0) is 0 Å². The Morgan fingerprint density at radius 3 is 2.23 bits per heavy atom. The number of carbonyl (C=O) groups is 1. The molecule has 0 saturated heterocycles. The van der Waals surface area contributed by atoms with Gasteiger partial charge in [-0.25, -0.2) is 0 Å². The van der Waals surface area contributed by atoms with Crippen LogP contribution in [0.1, 0.15) is 10.5 Å². The summed E-state index contributed by atoms with van der Waals surface area (Å²) in [5.41, 5.74) is 0.974. The highest BCUT2D eigenvalue weighted by Gasteiger charge is 2.09. The fraction of sp³-hybridized carbons (Fsp3) is 0. The molecule has 0 aliphatic rings. The van der Waals surface area contributed by atoms with Gasteiger partial charge in [0.1, 0.15) is 6.26 Å². The molecule has 3 rings (SSSR count). The minimum atomic E-state index is -0.290. The van der Waals surface area contributed by atoms with E-state index in [2.05, 4.69) is 43.1 Å². The molecule has 0 bridgehead atoms. The number of rotatable bonds is 4.